The van der Waals surface area contributed by atoms with Gasteiger partial charge in [0.1, 0.15) is 5.15 Å². The molecule has 0 spiro atoms. The van der Waals surface area contributed by atoms with Crippen molar-refractivity contribution in [1.82, 2.24) is 10.2 Å². The van der Waals surface area contributed by atoms with Gasteiger partial charge in [0.15, 0.2) is 0 Å². The topological polar surface area (TPSA) is 28.7 Å². The van der Waals surface area contributed by atoms with Gasteiger partial charge in [0.25, 0.3) is 0 Å². The number of aromatic amines is 1. The minimum Gasteiger partial charge on any atom is -0.267 e. The molecule has 66 valence electrons. The van der Waals surface area contributed by atoms with Crippen molar-refractivity contribution in [3.8, 4) is 11.3 Å². The van der Waals surface area contributed by atoms with E-state index in [2.05, 4.69) is 29.3 Å². The number of nitrogens with zero attached hydrogens (tertiary/aromatic N) is 1. The molecule has 0 radical (unpaired) electrons. The second-order valence-electron chi connectivity index (χ2n) is 2.97. The lowest BCUT2D eigenvalue weighted by molar-refractivity contribution is 1.09. The van der Waals surface area contributed by atoms with Gasteiger partial charge >= 0.3 is 0 Å². The highest BCUT2D eigenvalue weighted by molar-refractivity contribution is 6.29. The summed E-state index contributed by atoms with van der Waals surface area (Å²) in [5.41, 5.74) is 3.19. The predicted octanol–water partition coefficient (Wildman–Crippen LogP) is 3.04. The molecular formula is C10H9ClN2. The molecule has 0 aliphatic carbocycles. The highest BCUT2D eigenvalue weighted by Gasteiger charge is 2.01. The Kier molecular flexibility index (Phi) is 2.07. The summed E-state index contributed by atoms with van der Waals surface area (Å²) in [6.45, 7) is 2.05. The van der Waals surface area contributed by atoms with Crippen LogP contribution in [0.2, 0.25) is 5.15 Å². The third kappa shape index (κ3) is 1.73. The minimum absolute atomic E-state index is 0.566. The maximum absolute atomic E-state index is 5.73. The predicted molar refractivity (Wildman–Crippen MR) is 53.8 cm³/mol. The molecule has 0 aliphatic heterocycles. The third-order valence-corrected chi connectivity index (χ3v) is 2.05. The average molecular weight is 193 g/mol. The number of aromatic nitrogens is 2. The SMILES string of the molecule is Cc1cccc(-c2cc(Cl)[nH]n2)c1. The maximum atomic E-state index is 5.73. The first-order chi connectivity index (χ1) is 6.25. The first-order valence-corrected chi connectivity index (χ1v) is 4.41. The molecule has 0 atom stereocenters. The van der Waals surface area contributed by atoms with Crippen LogP contribution in [0.4, 0.5) is 0 Å². The minimum atomic E-state index is 0.566. The number of rotatable bonds is 1. The van der Waals surface area contributed by atoms with Gasteiger partial charge in [-0.25, -0.2) is 0 Å². The van der Waals surface area contributed by atoms with Crippen LogP contribution in [0.3, 0.4) is 0 Å². The van der Waals surface area contributed by atoms with E-state index in [1.807, 2.05) is 18.2 Å². The summed E-state index contributed by atoms with van der Waals surface area (Å²) in [5.74, 6) is 0. The van der Waals surface area contributed by atoms with Crippen molar-refractivity contribution in [1.29, 1.82) is 0 Å². The van der Waals surface area contributed by atoms with E-state index in [-0.39, 0.29) is 0 Å². The van der Waals surface area contributed by atoms with E-state index >= 15 is 0 Å². The zero-order chi connectivity index (χ0) is 9.26. The van der Waals surface area contributed by atoms with Crippen LogP contribution in [0, 0.1) is 6.92 Å². The summed E-state index contributed by atoms with van der Waals surface area (Å²) in [4.78, 5) is 0. The van der Waals surface area contributed by atoms with E-state index in [1.165, 1.54) is 5.56 Å². The first-order valence-electron chi connectivity index (χ1n) is 4.03. The van der Waals surface area contributed by atoms with Crippen molar-refractivity contribution in [3.05, 3.63) is 41.0 Å². The Morgan fingerprint density at radius 1 is 1.31 bits per heavy atom. The molecule has 1 heterocycles. The van der Waals surface area contributed by atoms with Gasteiger partial charge < -0.3 is 0 Å². The Morgan fingerprint density at radius 2 is 2.15 bits per heavy atom. The quantitative estimate of drug-likeness (QED) is 0.739. The van der Waals surface area contributed by atoms with E-state index in [9.17, 15) is 0 Å². The summed E-state index contributed by atoms with van der Waals surface area (Å²) in [5, 5.41) is 7.34. The molecule has 0 fully saturated rings. The molecule has 3 heteroatoms. The Morgan fingerprint density at radius 3 is 2.77 bits per heavy atom. The Balaban J connectivity index is 2.46. The number of aryl methyl sites for hydroxylation is 1. The van der Waals surface area contributed by atoms with Crippen LogP contribution in [0.25, 0.3) is 11.3 Å². The number of H-pyrrole nitrogens is 1. The summed E-state index contributed by atoms with van der Waals surface area (Å²) in [6.07, 6.45) is 0. The second-order valence-corrected chi connectivity index (χ2v) is 3.38. The van der Waals surface area contributed by atoms with Crippen molar-refractivity contribution in [2.45, 2.75) is 6.92 Å². The van der Waals surface area contributed by atoms with E-state index in [0.717, 1.165) is 11.3 Å². The zero-order valence-corrected chi connectivity index (χ0v) is 7.97. The Bertz CT molecular complexity index is 420. The van der Waals surface area contributed by atoms with Crippen molar-refractivity contribution >= 4 is 11.6 Å². The van der Waals surface area contributed by atoms with E-state index in [4.69, 9.17) is 11.6 Å². The van der Waals surface area contributed by atoms with Crippen LogP contribution in [0.5, 0.6) is 0 Å². The normalized spacial score (nSPS) is 10.3. The molecule has 0 saturated carbocycles. The van der Waals surface area contributed by atoms with E-state index < -0.39 is 0 Å². The van der Waals surface area contributed by atoms with Gasteiger partial charge in [-0.3, -0.25) is 5.10 Å². The summed E-state index contributed by atoms with van der Waals surface area (Å²) in [6, 6.07) is 9.97. The van der Waals surface area contributed by atoms with Crippen molar-refractivity contribution in [2.75, 3.05) is 0 Å². The molecule has 0 bridgehead atoms. The van der Waals surface area contributed by atoms with Crippen LogP contribution < -0.4 is 0 Å². The lowest BCUT2D eigenvalue weighted by Crippen LogP contribution is -1.78. The lowest BCUT2D eigenvalue weighted by atomic mass is 10.1. The van der Waals surface area contributed by atoms with Crippen molar-refractivity contribution in [2.24, 2.45) is 0 Å². The fourth-order valence-electron chi connectivity index (χ4n) is 1.25. The zero-order valence-electron chi connectivity index (χ0n) is 7.21. The molecule has 2 rings (SSSR count). The molecular weight excluding hydrogens is 184 g/mol. The molecule has 0 aliphatic rings. The molecule has 1 aromatic heterocycles. The fraction of sp³-hybridized carbons (Fsp3) is 0.100. The summed E-state index contributed by atoms with van der Waals surface area (Å²) in [7, 11) is 0. The first kappa shape index (κ1) is 8.32. The van der Waals surface area contributed by atoms with Crippen LogP contribution in [0.1, 0.15) is 5.56 Å². The smallest absolute Gasteiger partial charge is 0.124 e. The van der Waals surface area contributed by atoms with Gasteiger partial charge in [-0.2, -0.15) is 5.10 Å². The van der Waals surface area contributed by atoms with Crippen LogP contribution in [0.15, 0.2) is 30.3 Å². The maximum Gasteiger partial charge on any atom is 0.124 e. The van der Waals surface area contributed by atoms with Crippen molar-refractivity contribution in [3.63, 3.8) is 0 Å². The number of hydrogen-bond acceptors (Lipinski definition) is 1. The highest BCUT2D eigenvalue weighted by atomic mass is 35.5. The van der Waals surface area contributed by atoms with E-state index in [0.29, 0.717) is 5.15 Å². The largest absolute Gasteiger partial charge is 0.267 e. The number of nitrogens with one attached hydrogen (secondary N) is 1. The van der Waals surface area contributed by atoms with Crippen LogP contribution in [-0.4, -0.2) is 10.2 Å². The molecule has 0 unspecified atom stereocenters. The third-order valence-electron chi connectivity index (χ3n) is 1.86. The van der Waals surface area contributed by atoms with E-state index in [1.54, 1.807) is 0 Å². The molecule has 1 aromatic carbocycles. The summed E-state index contributed by atoms with van der Waals surface area (Å²) < 4.78 is 0. The number of benzene rings is 1. The van der Waals surface area contributed by atoms with Gasteiger partial charge in [-0.15, -0.1) is 0 Å². The number of halogens is 1. The van der Waals surface area contributed by atoms with Crippen LogP contribution >= 0.6 is 11.6 Å². The molecule has 13 heavy (non-hydrogen) atoms. The number of hydrogen-bond donors (Lipinski definition) is 1. The average Bonchev–Trinajstić information content (AvgIpc) is 2.52. The van der Waals surface area contributed by atoms with Gasteiger partial charge in [0.05, 0.1) is 5.69 Å². The van der Waals surface area contributed by atoms with Gasteiger partial charge in [0, 0.05) is 11.6 Å². The fourth-order valence-corrected chi connectivity index (χ4v) is 1.40. The molecule has 0 amide bonds. The van der Waals surface area contributed by atoms with Crippen LogP contribution in [-0.2, 0) is 0 Å². The summed E-state index contributed by atoms with van der Waals surface area (Å²) >= 11 is 5.73. The molecule has 2 aromatic rings. The molecule has 2 nitrogen and oxygen atoms in total. The standard InChI is InChI=1S/C10H9ClN2/c1-7-3-2-4-8(5-7)9-6-10(11)13-12-9/h2-6H,1H3,(H,12,13). The van der Waals surface area contributed by atoms with Gasteiger partial charge in [-0.05, 0) is 13.0 Å². The second kappa shape index (κ2) is 3.23. The lowest BCUT2D eigenvalue weighted by Gasteiger charge is -1.96. The van der Waals surface area contributed by atoms with Gasteiger partial charge in [-0.1, -0.05) is 35.4 Å². The monoisotopic (exact) mass is 192 g/mol. The Labute approximate surface area is 81.6 Å². The molecule has 1 N–H and O–H groups in total. The Hall–Kier alpha value is -1.28. The van der Waals surface area contributed by atoms with Crippen molar-refractivity contribution < 1.29 is 0 Å². The van der Waals surface area contributed by atoms with Gasteiger partial charge in [0.2, 0.25) is 0 Å². The molecule has 0 saturated heterocycles. The highest BCUT2D eigenvalue weighted by Crippen LogP contribution is 2.20.